The van der Waals surface area contributed by atoms with Gasteiger partial charge in [-0.2, -0.15) is 0 Å². The third kappa shape index (κ3) is 4.79. The van der Waals surface area contributed by atoms with Crippen molar-refractivity contribution in [2.45, 2.75) is 45.6 Å². The smallest absolute Gasteiger partial charge is 0.257 e. The molecule has 0 aliphatic carbocycles. The van der Waals surface area contributed by atoms with E-state index in [0.29, 0.717) is 31.5 Å². The number of benzene rings is 3. The van der Waals surface area contributed by atoms with Crippen molar-refractivity contribution in [1.29, 1.82) is 0 Å². The van der Waals surface area contributed by atoms with Crippen LogP contribution in [0.4, 0.5) is 5.69 Å². The van der Waals surface area contributed by atoms with Crippen LogP contribution in [-0.2, 0) is 20.8 Å². The molecule has 0 bridgehead atoms. The average molecular weight is 551 g/mol. The van der Waals surface area contributed by atoms with Crippen molar-refractivity contribution < 1.29 is 14.4 Å². The predicted molar refractivity (Wildman–Crippen MR) is 159 cm³/mol. The van der Waals surface area contributed by atoms with Gasteiger partial charge >= 0.3 is 0 Å². The van der Waals surface area contributed by atoms with Gasteiger partial charge in [-0.1, -0.05) is 31.2 Å². The van der Waals surface area contributed by atoms with Crippen LogP contribution in [0.25, 0.3) is 31.7 Å². The fourth-order valence-corrected chi connectivity index (χ4v) is 6.50. The summed E-state index contributed by atoms with van der Waals surface area (Å²) in [4.78, 5) is 50.8. The molecule has 1 saturated heterocycles. The highest BCUT2D eigenvalue weighted by Crippen LogP contribution is 2.33. The minimum absolute atomic E-state index is 0.0128. The normalized spacial score (nSPS) is 15.4. The quantitative estimate of drug-likeness (QED) is 0.231. The number of anilines is 1. The largest absolute Gasteiger partial charge is 0.361 e. The first-order chi connectivity index (χ1) is 19.4. The van der Waals surface area contributed by atoms with Gasteiger partial charge in [-0.25, -0.2) is 9.88 Å². The van der Waals surface area contributed by atoms with Gasteiger partial charge in [0.25, 0.3) is 5.91 Å². The second-order valence-electron chi connectivity index (χ2n) is 10.3. The molecule has 202 valence electrons. The molecule has 1 N–H and O–H groups in total. The third-order valence-electron chi connectivity index (χ3n) is 7.50. The number of H-pyrrole nitrogens is 1. The molecule has 5 aromatic rings. The van der Waals surface area contributed by atoms with Crippen LogP contribution in [0.2, 0.25) is 0 Å². The first kappa shape index (κ1) is 26.0. The van der Waals surface area contributed by atoms with Crippen molar-refractivity contribution in [1.82, 2.24) is 14.9 Å². The summed E-state index contributed by atoms with van der Waals surface area (Å²) in [6.07, 6.45) is 3.54. The average Bonchev–Trinajstić information content (AvgIpc) is 3.64. The van der Waals surface area contributed by atoms with Gasteiger partial charge in [-0.3, -0.25) is 14.4 Å². The van der Waals surface area contributed by atoms with Gasteiger partial charge < -0.3 is 9.88 Å². The molecule has 2 aromatic heterocycles. The van der Waals surface area contributed by atoms with Crippen LogP contribution in [0.3, 0.4) is 0 Å². The number of aromatic amines is 1. The molecule has 3 amide bonds. The molecule has 0 saturated carbocycles. The third-order valence-corrected chi connectivity index (χ3v) is 8.56. The van der Waals surface area contributed by atoms with E-state index >= 15 is 0 Å². The summed E-state index contributed by atoms with van der Waals surface area (Å²) in [7, 11) is 0. The maximum Gasteiger partial charge on any atom is 0.257 e. The number of hydrogen-bond acceptors (Lipinski definition) is 5. The molecule has 7 nitrogen and oxygen atoms in total. The zero-order valence-electron chi connectivity index (χ0n) is 22.5. The number of carbonyl (C=O) groups is 3. The highest BCUT2D eigenvalue weighted by atomic mass is 32.1. The summed E-state index contributed by atoms with van der Waals surface area (Å²) in [5, 5.41) is 1.99. The Balaban J connectivity index is 1.22. The molecule has 3 heterocycles. The van der Waals surface area contributed by atoms with Crippen molar-refractivity contribution in [3.63, 3.8) is 0 Å². The molecule has 6 rings (SSSR count). The maximum absolute atomic E-state index is 13.6. The van der Waals surface area contributed by atoms with Crippen LogP contribution >= 0.6 is 11.3 Å². The Morgan fingerprint density at radius 2 is 1.90 bits per heavy atom. The minimum atomic E-state index is -0.802. The first-order valence-electron chi connectivity index (χ1n) is 13.6. The number of aryl methyl sites for hydroxylation is 1. The lowest BCUT2D eigenvalue weighted by atomic mass is 10.1. The Morgan fingerprint density at radius 3 is 2.70 bits per heavy atom. The Morgan fingerprint density at radius 1 is 1.10 bits per heavy atom. The first-order valence-corrected chi connectivity index (χ1v) is 14.4. The molecule has 1 atom stereocenters. The van der Waals surface area contributed by atoms with Crippen LogP contribution < -0.4 is 4.90 Å². The molecular formula is C32H30N4O3S. The molecule has 0 radical (unpaired) electrons. The number of carbonyl (C=O) groups excluding carboxylic acids is 3. The molecule has 3 aromatic carbocycles. The number of rotatable bonds is 8. The van der Waals surface area contributed by atoms with E-state index in [1.165, 1.54) is 10.5 Å². The van der Waals surface area contributed by atoms with Gasteiger partial charge in [0, 0.05) is 35.6 Å². The van der Waals surface area contributed by atoms with Crippen molar-refractivity contribution in [3.8, 4) is 10.6 Å². The second-order valence-corrected chi connectivity index (χ2v) is 11.3. The van der Waals surface area contributed by atoms with E-state index in [9.17, 15) is 14.4 Å². The number of aromatic nitrogens is 2. The Bertz CT molecular complexity index is 1740. The minimum Gasteiger partial charge on any atom is -0.361 e. The summed E-state index contributed by atoms with van der Waals surface area (Å²) >= 11 is 1.62. The number of hydrogen-bond donors (Lipinski definition) is 1. The lowest BCUT2D eigenvalue weighted by molar-refractivity contribution is -0.138. The van der Waals surface area contributed by atoms with Crippen LogP contribution in [-0.4, -0.2) is 45.2 Å². The van der Waals surface area contributed by atoms with Gasteiger partial charge in [0.05, 0.1) is 22.3 Å². The summed E-state index contributed by atoms with van der Waals surface area (Å²) in [6.45, 7) is 4.37. The zero-order valence-corrected chi connectivity index (χ0v) is 23.3. The fraction of sp³-hybridized carbons (Fsp3) is 0.250. The molecule has 1 aliphatic heterocycles. The van der Waals surface area contributed by atoms with E-state index in [-0.39, 0.29) is 24.1 Å². The van der Waals surface area contributed by atoms with Gasteiger partial charge in [-0.05, 0) is 73.4 Å². The van der Waals surface area contributed by atoms with Crippen LogP contribution in [0, 0.1) is 6.92 Å². The number of nitrogens with one attached hydrogen (secondary N) is 1. The van der Waals surface area contributed by atoms with Crippen LogP contribution in [0.5, 0.6) is 0 Å². The molecule has 40 heavy (non-hydrogen) atoms. The topological polar surface area (TPSA) is 86.4 Å². The van der Waals surface area contributed by atoms with Crippen molar-refractivity contribution in [2.24, 2.45) is 0 Å². The number of imide groups is 1. The van der Waals surface area contributed by atoms with E-state index in [0.717, 1.165) is 37.3 Å². The van der Waals surface area contributed by atoms with Gasteiger partial charge in [0.2, 0.25) is 11.8 Å². The Labute approximate surface area is 236 Å². The summed E-state index contributed by atoms with van der Waals surface area (Å²) < 4.78 is 1.12. The predicted octanol–water partition coefficient (Wildman–Crippen LogP) is 6.26. The molecule has 0 spiro atoms. The lowest BCUT2D eigenvalue weighted by Crippen LogP contribution is -2.46. The Kier molecular flexibility index (Phi) is 6.94. The molecule has 1 aliphatic rings. The second kappa shape index (κ2) is 10.7. The Hall–Kier alpha value is -4.30. The number of amides is 3. The van der Waals surface area contributed by atoms with E-state index in [4.69, 9.17) is 4.98 Å². The monoisotopic (exact) mass is 550 g/mol. The van der Waals surface area contributed by atoms with E-state index in [1.807, 2.05) is 61.7 Å². The number of fused-ring (bicyclic) bond motifs is 2. The molecule has 8 heteroatoms. The lowest BCUT2D eigenvalue weighted by Gasteiger charge is -2.27. The number of nitrogens with zero attached hydrogens (tertiary/aromatic N) is 3. The van der Waals surface area contributed by atoms with Crippen LogP contribution in [0.15, 0.2) is 72.9 Å². The van der Waals surface area contributed by atoms with E-state index in [1.54, 1.807) is 28.4 Å². The standard InChI is InChI=1S/C32H30N4O3S/c1-3-6-29(37)35(16-15-22-19-33-25-8-5-4-7-24(22)25)27-18-30(38)36(32(27)39)23-12-10-21(11-13-23)31-34-26-14-9-20(2)17-28(26)40-31/h4-5,7-14,17,19,27,33H,3,6,15-16,18H2,1-2H3. The maximum atomic E-state index is 13.6. The van der Waals surface area contributed by atoms with Crippen molar-refractivity contribution in [2.75, 3.05) is 11.4 Å². The van der Waals surface area contributed by atoms with Gasteiger partial charge in [0.15, 0.2) is 0 Å². The molecule has 1 fully saturated rings. The molecule has 1 unspecified atom stereocenters. The SMILES string of the molecule is CCCC(=O)N(CCc1c[nH]c2ccccc12)C1CC(=O)N(c2ccc(-c3nc4ccc(C)cc4s3)cc2)C1=O. The summed E-state index contributed by atoms with van der Waals surface area (Å²) in [6, 6.07) is 20.8. The highest BCUT2D eigenvalue weighted by Gasteiger charge is 2.44. The molecular weight excluding hydrogens is 520 g/mol. The summed E-state index contributed by atoms with van der Waals surface area (Å²) in [5.41, 5.74) is 5.69. The van der Waals surface area contributed by atoms with Crippen molar-refractivity contribution in [3.05, 3.63) is 84.1 Å². The van der Waals surface area contributed by atoms with Gasteiger partial charge in [0.1, 0.15) is 11.0 Å². The van der Waals surface area contributed by atoms with E-state index < -0.39 is 6.04 Å². The summed E-state index contributed by atoms with van der Waals surface area (Å²) in [5.74, 6) is -0.743. The number of thiazole rings is 1. The van der Waals surface area contributed by atoms with E-state index in [2.05, 4.69) is 18.0 Å². The zero-order chi connectivity index (χ0) is 27.8. The van der Waals surface area contributed by atoms with Crippen molar-refractivity contribution >= 4 is 55.9 Å². The van der Waals surface area contributed by atoms with Crippen LogP contribution in [0.1, 0.15) is 37.3 Å². The number of para-hydroxylation sites is 1. The highest BCUT2D eigenvalue weighted by molar-refractivity contribution is 7.21. The fourth-order valence-electron chi connectivity index (χ4n) is 5.43. The van der Waals surface area contributed by atoms with Gasteiger partial charge in [-0.15, -0.1) is 11.3 Å².